The second-order valence-corrected chi connectivity index (χ2v) is 6.34. The SMILES string of the molecule is COc1ccc(Cc2c[se]c(-c3ccccc3)n2)cc1. The molecule has 1 aromatic heterocycles. The fourth-order valence-corrected chi connectivity index (χ4v) is 3.79. The van der Waals surface area contributed by atoms with Gasteiger partial charge in [-0.3, -0.25) is 0 Å². The van der Waals surface area contributed by atoms with Crippen LogP contribution in [-0.4, -0.2) is 26.6 Å². The third-order valence-corrected chi connectivity index (χ3v) is 5.09. The van der Waals surface area contributed by atoms with Crippen molar-refractivity contribution in [1.29, 1.82) is 0 Å². The fraction of sp³-hybridized carbons (Fsp3) is 0.118. The maximum absolute atomic E-state index is 5.17. The van der Waals surface area contributed by atoms with E-state index in [0.29, 0.717) is 14.5 Å². The van der Waals surface area contributed by atoms with Crippen molar-refractivity contribution in [1.82, 2.24) is 4.98 Å². The van der Waals surface area contributed by atoms with E-state index in [-0.39, 0.29) is 0 Å². The second-order valence-electron chi connectivity index (χ2n) is 4.53. The maximum atomic E-state index is 5.17. The minimum absolute atomic E-state index is 0.350. The van der Waals surface area contributed by atoms with Gasteiger partial charge in [0.05, 0.1) is 0 Å². The van der Waals surface area contributed by atoms with E-state index in [0.717, 1.165) is 12.2 Å². The minimum atomic E-state index is 0.350. The van der Waals surface area contributed by atoms with Gasteiger partial charge in [-0.1, -0.05) is 0 Å². The normalized spacial score (nSPS) is 10.4. The van der Waals surface area contributed by atoms with Gasteiger partial charge in [-0.05, 0) is 0 Å². The van der Waals surface area contributed by atoms with Gasteiger partial charge < -0.3 is 0 Å². The first-order valence-corrected chi connectivity index (χ1v) is 8.32. The van der Waals surface area contributed by atoms with Gasteiger partial charge in [0, 0.05) is 0 Å². The summed E-state index contributed by atoms with van der Waals surface area (Å²) in [6.07, 6.45) is 0.891. The average Bonchev–Trinajstić information content (AvgIpc) is 2.97. The number of rotatable bonds is 4. The van der Waals surface area contributed by atoms with Gasteiger partial charge in [0.15, 0.2) is 0 Å². The third-order valence-electron chi connectivity index (χ3n) is 3.12. The van der Waals surface area contributed by atoms with Crippen LogP contribution in [0.2, 0.25) is 0 Å². The molecule has 3 heteroatoms. The molecule has 0 aliphatic heterocycles. The molecule has 0 bridgehead atoms. The number of benzene rings is 2. The zero-order chi connectivity index (χ0) is 13.8. The zero-order valence-corrected chi connectivity index (χ0v) is 13.0. The number of aromatic nitrogens is 1. The Labute approximate surface area is 124 Å². The topological polar surface area (TPSA) is 22.1 Å². The summed E-state index contributed by atoms with van der Waals surface area (Å²) in [6, 6.07) is 18.6. The van der Waals surface area contributed by atoms with E-state index in [1.54, 1.807) is 7.11 Å². The predicted molar refractivity (Wildman–Crippen MR) is 82.4 cm³/mol. The average molecular weight is 328 g/mol. The van der Waals surface area contributed by atoms with E-state index in [2.05, 4.69) is 41.3 Å². The quantitative estimate of drug-likeness (QED) is 0.685. The van der Waals surface area contributed by atoms with Gasteiger partial charge >= 0.3 is 124 Å². The van der Waals surface area contributed by atoms with Crippen LogP contribution in [0.4, 0.5) is 0 Å². The molecule has 0 N–H and O–H groups in total. The molecule has 1 heterocycles. The summed E-state index contributed by atoms with van der Waals surface area (Å²) in [6.45, 7) is 0. The summed E-state index contributed by atoms with van der Waals surface area (Å²) in [5, 5.41) is 0. The van der Waals surface area contributed by atoms with Crippen molar-refractivity contribution in [2.24, 2.45) is 0 Å². The van der Waals surface area contributed by atoms with Crippen LogP contribution in [0.15, 0.2) is 59.5 Å². The number of hydrogen-bond acceptors (Lipinski definition) is 2. The monoisotopic (exact) mass is 329 g/mol. The number of methoxy groups -OCH3 is 1. The molecule has 2 nitrogen and oxygen atoms in total. The molecule has 20 heavy (non-hydrogen) atoms. The van der Waals surface area contributed by atoms with E-state index in [4.69, 9.17) is 9.72 Å². The van der Waals surface area contributed by atoms with Crippen molar-refractivity contribution in [2.75, 3.05) is 7.11 Å². The third kappa shape index (κ3) is 3.01. The summed E-state index contributed by atoms with van der Waals surface area (Å²) in [5.74, 6) is 0.895. The van der Waals surface area contributed by atoms with E-state index >= 15 is 0 Å². The summed E-state index contributed by atoms with van der Waals surface area (Å²) >= 11 is 0.350. The first-order valence-electron chi connectivity index (χ1n) is 6.48. The van der Waals surface area contributed by atoms with Crippen LogP contribution in [0.5, 0.6) is 5.75 Å². The predicted octanol–water partition coefficient (Wildman–Crippen LogP) is 3.41. The van der Waals surface area contributed by atoms with Crippen LogP contribution < -0.4 is 4.74 Å². The van der Waals surface area contributed by atoms with Crippen LogP contribution in [0.25, 0.3) is 10.1 Å². The van der Waals surface area contributed by atoms with E-state index in [9.17, 15) is 0 Å². The molecule has 3 rings (SSSR count). The van der Waals surface area contributed by atoms with Crippen LogP contribution in [0.1, 0.15) is 11.3 Å². The molecule has 0 unspecified atom stereocenters. The molecule has 3 aromatic rings. The van der Waals surface area contributed by atoms with Gasteiger partial charge in [-0.25, -0.2) is 0 Å². The van der Waals surface area contributed by atoms with E-state index in [1.165, 1.54) is 21.4 Å². The van der Waals surface area contributed by atoms with Gasteiger partial charge in [-0.15, -0.1) is 0 Å². The standard InChI is InChI=1S/C17H15NOSe/c1-19-16-9-7-13(8-10-16)11-15-12-20-17(18-15)14-5-3-2-4-6-14/h2-10,12H,11H2,1H3. The van der Waals surface area contributed by atoms with Crippen molar-refractivity contribution >= 4 is 14.5 Å². The first-order chi connectivity index (χ1) is 9.85. The fourth-order valence-electron chi connectivity index (χ4n) is 2.05. The van der Waals surface area contributed by atoms with Crippen LogP contribution >= 0.6 is 0 Å². The Morgan fingerprint density at radius 1 is 1.00 bits per heavy atom. The molecule has 0 atom stereocenters. The van der Waals surface area contributed by atoms with Crippen molar-refractivity contribution in [3.8, 4) is 15.9 Å². The van der Waals surface area contributed by atoms with Crippen molar-refractivity contribution in [3.05, 3.63) is 70.8 Å². The molecule has 0 amide bonds. The van der Waals surface area contributed by atoms with Gasteiger partial charge in [0.2, 0.25) is 0 Å². The molecule has 0 spiro atoms. The zero-order valence-electron chi connectivity index (χ0n) is 11.2. The first kappa shape index (κ1) is 13.2. The van der Waals surface area contributed by atoms with Gasteiger partial charge in [0.1, 0.15) is 0 Å². The second kappa shape index (κ2) is 6.08. The van der Waals surface area contributed by atoms with Crippen LogP contribution in [0.3, 0.4) is 0 Å². The molecule has 0 fully saturated rings. The molecule has 0 aliphatic rings. The Morgan fingerprint density at radius 3 is 2.45 bits per heavy atom. The summed E-state index contributed by atoms with van der Waals surface area (Å²) in [5.41, 5.74) is 3.69. The number of hydrogen-bond donors (Lipinski definition) is 0. The molecule has 0 saturated carbocycles. The molecule has 0 aliphatic carbocycles. The van der Waals surface area contributed by atoms with E-state index in [1.807, 2.05) is 18.2 Å². The van der Waals surface area contributed by atoms with Crippen LogP contribution in [0, 0.1) is 0 Å². The van der Waals surface area contributed by atoms with Crippen LogP contribution in [-0.2, 0) is 6.42 Å². The molecule has 2 aromatic carbocycles. The molecular formula is C17H15NOSe. The van der Waals surface area contributed by atoms with Crippen molar-refractivity contribution in [2.45, 2.75) is 6.42 Å². The Morgan fingerprint density at radius 2 is 1.75 bits per heavy atom. The Bertz CT molecular complexity index is 674. The Kier molecular flexibility index (Phi) is 4.00. The van der Waals surface area contributed by atoms with Crippen molar-refractivity contribution in [3.63, 3.8) is 0 Å². The molecular weight excluding hydrogens is 313 g/mol. The van der Waals surface area contributed by atoms with E-state index < -0.39 is 0 Å². The summed E-state index contributed by atoms with van der Waals surface area (Å²) in [4.78, 5) is 7.05. The molecule has 100 valence electrons. The number of nitrogens with zero attached hydrogens (tertiary/aromatic N) is 1. The Hall–Kier alpha value is -1.83. The summed E-state index contributed by atoms with van der Waals surface area (Å²) in [7, 11) is 1.69. The Balaban J connectivity index is 1.77. The van der Waals surface area contributed by atoms with Gasteiger partial charge in [0.25, 0.3) is 0 Å². The summed E-state index contributed by atoms with van der Waals surface area (Å²) < 4.78 is 6.40. The number of ether oxygens (including phenoxy) is 1. The molecule has 0 saturated heterocycles. The van der Waals surface area contributed by atoms with Gasteiger partial charge in [-0.2, -0.15) is 0 Å². The van der Waals surface area contributed by atoms with Crippen molar-refractivity contribution < 1.29 is 4.74 Å². The molecule has 0 radical (unpaired) electrons.